The number of aryl methyl sites for hydroxylation is 1. The lowest BCUT2D eigenvalue weighted by Crippen LogP contribution is -2.85. The molecule has 13 nitrogen and oxygen atoms in total. The average Bonchev–Trinajstić information content (AvgIpc) is 3.67. The van der Waals surface area contributed by atoms with Crippen LogP contribution >= 0.6 is 0 Å². The van der Waals surface area contributed by atoms with Crippen LogP contribution in [-0.4, -0.2) is 107 Å². The number of alkyl halides is 1. The molecular formula is C37H43FN10O3. The van der Waals surface area contributed by atoms with Crippen LogP contribution in [0.25, 0.3) is 11.4 Å². The molecule has 0 spiro atoms. The average molecular weight is 695 g/mol. The van der Waals surface area contributed by atoms with Gasteiger partial charge in [0.2, 0.25) is 18.1 Å². The van der Waals surface area contributed by atoms with Gasteiger partial charge in [-0.1, -0.05) is 12.2 Å². The van der Waals surface area contributed by atoms with Crippen molar-refractivity contribution in [2.45, 2.75) is 44.1 Å². The van der Waals surface area contributed by atoms with E-state index >= 15 is 4.39 Å². The number of anilines is 3. The van der Waals surface area contributed by atoms with E-state index in [2.05, 4.69) is 43.1 Å². The molecule has 0 radical (unpaired) electrons. The van der Waals surface area contributed by atoms with E-state index in [-0.39, 0.29) is 19.0 Å². The minimum absolute atomic E-state index is 0.0135. The number of amides is 3. The summed E-state index contributed by atoms with van der Waals surface area (Å²) in [5.41, 5.74) is 5.28. The number of hydrazine groups is 2. The van der Waals surface area contributed by atoms with Crippen LogP contribution in [-0.2, 0) is 20.2 Å². The van der Waals surface area contributed by atoms with Crippen molar-refractivity contribution >= 4 is 35.3 Å². The normalized spacial score (nSPS) is 29.5. The third kappa shape index (κ3) is 4.80. The van der Waals surface area contributed by atoms with Crippen molar-refractivity contribution in [3.8, 4) is 11.4 Å². The summed E-state index contributed by atoms with van der Waals surface area (Å²) < 4.78 is 17.0. The third-order valence-electron chi connectivity index (χ3n) is 11.8. The van der Waals surface area contributed by atoms with Crippen molar-refractivity contribution in [1.82, 2.24) is 35.5 Å². The molecule has 5 aliphatic rings. The maximum atomic E-state index is 17.0. The van der Waals surface area contributed by atoms with Gasteiger partial charge >= 0.3 is 0 Å². The molecule has 3 N–H and O–H groups in total. The number of halogens is 1. The van der Waals surface area contributed by atoms with E-state index in [1.165, 1.54) is 0 Å². The Kier molecular flexibility index (Phi) is 7.70. The number of fused-ring (bicyclic) bond motifs is 6. The number of carbonyl (C=O) groups excluding carboxylic acids is 3. The lowest BCUT2D eigenvalue weighted by atomic mass is 9.49. The number of hydrogen-bond acceptors (Lipinski definition) is 10. The third-order valence-corrected chi connectivity index (χ3v) is 11.8. The van der Waals surface area contributed by atoms with Gasteiger partial charge in [0.25, 0.3) is 5.91 Å². The molecule has 1 aromatic heterocycles. The number of piperazine rings is 1. The second kappa shape index (κ2) is 11.8. The van der Waals surface area contributed by atoms with Crippen LogP contribution in [0.1, 0.15) is 31.4 Å². The van der Waals surface area contributed by atoms with Gasteiger partial charge in [-0.15, -0.1) is 0 Å². The number of hydrogen-bond donors (Lipinski definition) is 3. The molecule has 5 heterocycles. The maximum absolute atomic E-state index is 17.0. The molecule has 266 valence electrons. The van der Waals surface area contributed by atoms with Gasteiger partial charge in [-0.2, -0.15) is 5.01 Å². The Balaban J connectivity index is 0.884. The number of likely N-dealkylation sites (tertiary alicyclic amines) is 1. The first-order valence-electron chi connectivity index (χ1n) is 17.4. The predicted octanol–water partition coefficient (Wildman–Crippen LogP) is 2.57. The zero-order chi connectivity index (χ0) is 35.8. The molecule has 3 unspecified atom stereocenters. The van der Waals surface area contributed by atoms with Crippen LogP contribution in [0.4, 0.5) is 21.5 Å². The summed E-state index contributed by atoms with van der Waals surface area (Å²) in [6, 6.07) is 13.4. The van der Waals surface area contributed by atoms with Crippen LogP contribution in [0, 0.1) is 12.3 Å². The summed E-state index contributed by atoms with van der Waals surface area (Å²) in [6.45, 7) is 9.23. The zero-order valence-corrected chi connectivity index (χ0v) is 29.3. The van der Waals surface area contributed by atoms with Crippen LogP contribution < -0.4 is 26.1 Å². The summed E-state index contributed by atoms with van der Waals surface area (Å²) in [4.78, 5) is 53.9. The maximum Gasteiger partial charge on any atom is 0.251 e. The second-order valence-corrected chi connectivity index (χ2v) is 14.6. The first kappa shape index (κ1) is 33.2. The molecule has 51 heavy (non-hydrogen) atoms. The summed E-state index contributed by atoms with van der Waals surface area (Å²) in [5.74, 6) is -1.52. The summed E-state index contributed by atoms with van der Waals surface area (Å²) >= 11 is 0. The summed E-state index contributed by atoms with van der Waals surface area (Å²) in [7, 11) is 1.75. The highest BCUT2D eigenvalue weighted by Crippen LogP contribution is 2.75. The lowest BCUT2D eigenvalue weighted by molar-refractivity contribution is -0.304. The van der Waals surface area contributed by atoms with Crippen molar-refractivity contribution in [2.75, 3.05) is 68.2 Å². The van der Waals surface area contributed by atoms with Crippen molar-refractivity contribution in [3.05, 3.63) is 78.1 Å². The number of aromatic nitrogens is 2. The fraction of sp³-hybridized carbons (Fsp3) is 0.432. The van der Waals surface area contributed by atoms with Gasteiger partial charge in [0.15, 0.2) is 5.82 Å². The fourth-order valence-electron chi connectivity index (χ4n) is 8.55. The van der Waals surface area contributed by atoms with Crippen LogP contribution in [0.2, 0.25) is 0 Å². The highest BCUT2D eigenvalue weighted by atomic mass is 19.1. The second-order valence-electron chi connectivity index (χ2n) is 14.6. The van der Waals surface area contributed by atoms with E-state index < -0.39 is 28.2 Å². The van der Waals surface area contributed by atoms with Gasteiger partial charge in [0.1, 0.15) is 5.54 Å². The molecule has 1 aliphatic carbocycles. The Morgan fingerprint density at radius 3 is 2.35 bits per heavy atom. The van der Waals surface area contributed by atoms with E-state index in [4.69, 9.17) is 0 Å². The highest BCUT2D eigenvalue weighted by Gasteiger charge is 2.83. The van der Waals surface area contributed by atoms with Crippen molar-refractivity contribution < 1.29 is 18.8 Å². The van der Waals surface area contributed by atoms with Crippen LogP contribution in [0.15, 0.2) is 67.0 Å². The smallest absolute Gasteiger partial charge is 0.251 e. The first-order valence-corrected chi connectivity index (χ1v) is 17.4. The van der Waals surface area contributed by atoms with E-state index in [1.54, 1.807) is 47.8 Å². The van der Waals surface area contributed by atoms with Gasteiger partial charge in [0.05, 0.1) is 23.2 Å². The van der Waals surface area contributed by atoms with Gasteiger partial charge < -0.3 is 20.4 Å². The monoisotopic (exact) mass is 694 g/mol. The predicted molar refractivity (Wildman–Crippen MR) is 191 cm³/mol. The molecule has 0 saturated carbocycles. The molecule has 3 fully saturated rings. The molecule has 3 amide bonds. The topological polar surface area (TPSA) is 129 Å². The molecule has 4 atom stereocenters. The van der Waals surface area contributed by atoms with Gasteiger partial charge in [-0.25, -0.2) is 24.9 Å². The highest BCUT2D eigenvalue weighted by molar-refractivity contribution is 6.00. The van der Waals surface area contributed by atoms with Crippen LogP contribution in [0.5, 0.6) is 0 Å². The molecule has 0 bridgehead atoms. The van der Waals surface area contributed by atoms with Crippen molar-refractivity contribution in [1.29, 1.82) is 0 Å². The minimum atomic E-state index is -1.79. The Morgan fingerprint density at radius 2 is 1.71 bits per heavy atom. The fourth-order valence-corrected chi connectivity index (χ4v) is 8.55. The van der Waals surface area contributed by atoms with E-state index in [9.17, 15) is 14.4 Å². The Morgan fingerprint density at radius 1 is 0.980 bits per heavy atom. The first-order chi connectivity index (χ1) is 24.5. The molecule has 14 heteroatoms. The van der Waals surface area contributed by atoms with Crippen molar-refractivity contribution in [2.24, 2.45) is 5.41 Å². The standard InChI is InChI=1S/C37H43FN10O3/c1-25-20-40-32(41-21-25)26-5-8-28(9-6-26)45-15-17-46(18-16-45)31(50)22-44-14-13-36(23-44,42-24-49)33(51)43-27-7-10-30-29(19-27)37(38)34(2)11-12-35(34,3)48(37)47(30)39-4/h5-12,19-21,24,39H,13-18,22-23H2,1-4H3,(H,42,49)(H,43,51)/t34-,35?,36?,37?/m1/s1. The summed E-state index contributed by atoms with van der Waals surface area (Å²) in [6.07, 6.45) is 8.41. The van der Waals surface area contributed by atoms with E-state index in [0.29, 0.717) is 68.3 Å². The Labute approximate surface area is 296 Å². The zero-order valence-electron chi connectivity index (χ0n) is 29.3. The summed E-state index contributed by atoms with van der Waals surface area (Å²) in [5, 5.41) is 9.14. The van der Waals surface area contributed by atoms with Gasteiger partial charge in [0, 0.05) is 81.2 Å². The number of rotatable bonds is 9. The molecule has 3 saturated heterocycles. The minimum Gasteiger partial charge on any atom is -0.368 e. The molecule has 8 rings (SSSR count). The SMILES string of the molecule is CNN1c2ccc(NC(=O)C3(NC=O)CCN(CC(=O)N4CCN(c5ccc(-c6ncc(C)cn6)cc5)CC4)C3)cc2C2(F)N1C1(C)C=C[C@]12C. The Hall–Kier alpha value is -4.92. The lowest BCUT2D eigenvalue weighted by Gasteiger charge is -2.72. The Bertz CT molecular complexity index is 1920. The van der Waals surface area contributed by atoms with Gasteiger partial charge in [-0.05, 0) is 75.2 Å². The molecular weight excluding hydrogens is 651 g/mol. The molecule has 3 aromatic rings. The number of benzene rings is 2. The van der Waals surface area contributed by atoms with Gasteiger partial charge in [-0.3, -0.25) is 19.3 Å². The number of nitrogens with one attached hydrogen (secondary N) is 3. The quantitative estimate of drug-likeness (QED) is 0.175. The van der Waals surface area contributed by atoms with Crippen LogP contribution in [0.3, 0.4) is 0 Å². The molecule has 2 aromatic carbocycles. The molecule has 4 aliphatic heterocycles. The largest absolute Gasteiger partial charge is 0.368 e. The van der Waals surface area contributed by atoms with E-state index in [0.717, 1.165) is 16.8 Å². The van der Waals surface area contributed by atoms with Crippen molar-refractivity contribution in [3.63, 3.8) is 0 Å². The number of nitrogens with zero attached hydrogens (tertiary/aromatic N) is 7. The van der Waals surface area contributed by atoms with E-state index in [1.807, 2.05) is 54.9 Å². The number of carbonyl (C=O) groups is 3.